The smallest absolute Gasteiger partial charge is 0.201 e. The van der Waals surface area contributed by atoms with Crippen LogP contribution in [0.5, 0.6) is 57.5 Å². The standard InChI is InChI=1S/C32H34O10/c1-39-21-9-17(10-22(15-21)40-2)5-7-19-13-25(29(35)31(37)27(19)33)26-14-20(28(34)32(38)30(26)36)8-6-18-11-23(41-3)16-24(12-18)42-4/h9-16,33-38H,5-8H2,1-4H3. The van der Waals surface area contributed by atoms with Gasteiger partial charge in [0, 0.05) is 23.3 Å². The number of methoxy groups -OCH3 is 4. The first-order valence-corrected chi connectivity index (χ1v) is 13.1. The van der Waals surface area contributed by atoms with Crippen molar-refractivity contribution >= 4 is 0 Å². The normalized spacial score (nSPS) is 10.9. The molecule has 0 heterocycles. The van der Waals surface area contributed by atoms with Gasteiger partial charge in [-0.2, -0.15) is 0 Å². The van der Waals surface area contributed by atoms with Crippen molar-refractivity contribution in [2.75, 3.05) is 28.4 Å². The molecule has 10 nitrogen and oxygen atoms in total. The van der Waals surface area contributed by atoms with Crippen LogP contribution in [0.2, 0.25) is 0 Å². The van der Waals surface area contributed by atoms with Gasteiger partial charge in [-0.1, -0.05) is 0 Å². The zero-order chi connectivity index (χ0) is 30.6. The van der Waals surface area contributed by atoms with E-state index in [9.17, 15) is 30.6 Å². The lowest BCUT2D eigenvalue weighted by Gasteiger charge is -2.17. The molecule has 0 radical (unpaired) electrons. The third kappa shape index (κ3) is 6.12. The molecule has 6 N–H and O–H groups in total. The predicted molar refractivity (Wildman–Crippen MR) is 156 cm³/mol. The average molecular weight is 579 g/mol. The van der Waals surface area contributed by atoms with Crippen LogP contribution < -0.4 is 18.9 Å². The molecule has 4 aromatic carbocycles. The molecule has 0 aromatic heterocycles. The van der Waals surface area contributed by atoms with Gasteiger partial charge in [-0.25, -0.2) is 0 Å². The Bertz CT molecular complexity index is 1430. The topological polar surface area (TPSA) is 158 Å². The minimum absolute atomic E-state index is 0.0411. The predicted octanol–water partition coefficient (Wildman–Crippen LogP) is 5.19. The van der Waals surface area contributed by atoms with Crippen molar-refractivity contribution in [3.8, 4) is 68.6 Å². The van der Waals surface area contributed by atoms with Crippen molar-refractivity contribution in [2.24, 2.45) is 0 Å². The maximum Gasteiger partial charge on any atom is 0.201 e. The Labute approximate surface area is 243 Å². The van der Waals surface area contributed by atoms with Crippen LogP contribution in [0.25, 0.3) is 11.1 Å². The van der Waals surface area contributed by atoms with E-state index in [1.165, 1.54) is 40.6 Å². The van der Waals surface area contributed by atoms with Crippen LogP contribution in [-0.4, -0.2) is 59.1 Å². The Kier molecular flexibility index (Phi) is 8.95. The number of benzene rings is 4. The highest BCUT2D eigenvalue weighted by Gasteiger charge is 2.24. The van der Waals surface area contributed by atoms with E-state index in [1.807, 2.05) is 24.3 Å². The molecule has 0 spiro atoms. The van der Waals surface area contributed by atoms with E-state index in [0.717, 1.165) is 11.1 Å². The van der Waals surface area contributed by atoms with Gasteiger partial charge < -0.3 is 49.6 Å². The van der Waals surface area contributed by atoms with E-state index in [4.69, 9.17) is 18.9 Å². The van der Waals surface area contributed by atoms with E-state index in [2.05, 4.69) is 0 Å². The quantitative estimate of drug-likeness (QED) is 0.131. The zero-order valence-corrected chi connectivity index (χ0v) is 23.8. The summed E-state index contributed by atoms with van der Waals surface area (Å²) >= 11 is 0. The second-order valence-corrected chi connectivity index (χ2v) is 9.70. The van der Waals surface area contributed by atoms with Gasteiger partial charge in [0.15, 0.2) is 23.0 Å². The molecule has 0 aliphatic rings. The van der Waals surface area contributed by atoms with Gasteiger partial charge in [0.2, 0.25) is 11.5 Å². The highest BCUT2D eigenvalue weighted by Crippen LogP contribution is 2.51. The Balaban J connectivity index is 1.69. The van der Waals surface area contributed by atoms with Gasteiger partial charge in [-0.3, -0.25) is 0 Å². The molecule has 0 amide bonds. The fourth-order valence-electron chi connectivity index (χ4n) is 4.78. The summed E-state index contributed by atoms with van der Waals surface area (Å²) in [5.41, 5.74) is 2.14. The molecular formula is C32H34O10. The zero-order valence-electron chi connectivity index (χ0n) is 23.8. The minimum atomic E-state index is -0.775. The number of ether oxygens (including phenoxy) is 4. The highest BCUT2D eigenvalue weighted by molar-refractivity contribution is 5.84. The molecule has 222 valence electrons. The molecule has 42 heavy (non-hydrogen) atoms. The van der Waals surface area contributed by atoms with Gasteiger partial charge in [0.25, 0.3) is 0 Å². The van der Waals surface area contributed by atoms with Crippen LogP contribution in [0.4, 0.5) is 0 Å². The molecule has 4 rings (SSSR count). The first-order valence-electron chi connectivity index (χ1n) is 13.1. The largest absolute Gasteiger partial charge is 0.504 e. The molecule has 0 bridgehead atoms. The third-order valence-corrected chi connectivity index (χ3v) is 7.13. The first kappa shape index (κ1) is 29.9. The van der Waals surface area contributed by atoms with Crippen LogP contribution in [0.3, 0.4) is 0 Å². The molecule has 0 saturated carbocycles. The number of aromatic hydroxyl groups is 6. The number of hydrogen-bond acceptors (Lipinski definition) is 10. The van der Waals surface area contributed by atoms with E-state index >= 15 is 0 Å². The molecule has 10 heteroatoms. The summed E-state index contributed by atoms with van der Waals surface area (Å²) < 4.78 is 21.3. The average Bonchev–Trinajstić information content (AvgIpc) is 3.01. The summed E-state index contributed by atoms with van der Waals surface area (Å²) in [5.74, 6) is -1.60. The molecule has 0 fully saturated rings. The van der Waals surface area contributed by atoms with Crippen LogP contribution in [0, 0.1) is 0 Å². The summed E-state index contributed by atoms with van der Waals surface area (Å²) in [6.45, 7) is 0. The minimum Gasteiger partial charge on any atom is -0.504 e. The SMILES string of the molecule is COc1cc(CCc2cc(-c3cc(CCc4cc(OC)cc(OC)c4)c(O)c(O)c3O)c(O)c(O)c2O)cc(OC)c1. The number of rotatable bonds is 11. The Morgan fingerprint density at radius 2 is 0.690 bits per heavy atom. The fraction of sp³-hybridized carbons (Fsp3) is 0.250. The molecule has 0 aliphatic carbocycles. The summed E-state index contributed by atoms with van der Waals surface area (Å²) in [4.78, 5) is 0. The molecule has 0 unspecified atom stereocenters. The van der Waals surface area contributed by atoms with Gasteiger partial charge >= 0.3 is 0 Å². The molecule has 4 aromatic rings. The lowest BCUT2D eigenvalue weighted by molar-refractivity contribution is 0.362. The summed E-state index contributed by atoms with van der Waals surface area (Å²) in [5, 5.41) is 63.9. The van der Waals surface area contributed by atoms with E-state index < -0.39 is 34.5 Å². The van der Waals surface area contributed by atoms with E-state index in [1.54, 1.807) is 12.1 Å². The Morgan fingerprint density at radius 3 is 0.976 bits per heavy atom. The van der Waals surface area contributed by atoms with Crippen LogP contribution in [0.15, 0.2) is 48.5 Å². The number of phenols is 6. The maximum atomic E-state index is 10.8. The lowest BCUT2D eigenvalue weighted by Crippen LogP contribution is -1.98. The van der Waals surface area contributed by atoms with E-state index in [0.29, 0.717) is 35.8 Å². The molecule has 0 atom stereocenters. The number of hydrogen-bond donors (Lipinski definition) is 6. The second-order valence-electron chi connectivity index (χ2n) is 9.70. The van der Waals surface area contributed by atoms with Crippen LogP contribution >= 0.6 is 0 Å². The maximum absolute atomic E-state index is 10.8. The monoisotopic (exact) mass is 578 g/mol. The summed E-state index contributed by atoms with van der Waals surface area (Å²) in [7, 11) is 6.15. The van der Waals surface area contributed by atoms with Crippen molar-refractivity contribution in [2.45, 2.75) is 25.7 Å². The molecular weight excluding hydrogens is 544 g/mol. The molecule has 0 saturated heterocycles. The Morgan fingerprint density at radius 1 is 0.381 bits per heavy atom. The number of aryl methyl sites for hydroxylation is 4. The lowest BCUT2D eigenvalue weighted by atomic mass is 9.93. The fourth-order valence-corrected chi connectivity index (χ4v) is 4.78. The van der Waals surface area contributed by atoms with Crippen molar-refractivity contribution in [1.82, 2.24) is 0 Å². The summed E-state index contributed by atoms with van der Waals surface area (Å²) in [6.07, 6.45) is 1.29. The highest BCUT2D eigenvalue weighted by atomic mass is 16.5. The third-order valence-electron chi connectivity index (χ3n) is 7.13. The number of phenolic OH excluding ortho intramolecular Hbond substituents is 6. The first-order chi connectivity index (χ1) is 20.1. The van der Waals surface area contributed by atoms with Crippen molar-refractivity contribution in [3.05, 3.63) is 70.8 Å². The van der Waals surface area contributed by atoms with E-state index in [-0.39, 0.29) is 35.1 Å². The van der Waals surface area contributed by atoms with Gasteiger partial charge in [-0.05, 0) is 84.3 Å². The van der Waals surface area contributed by atoms with Crippen LogP contribution in [0.1, 0.15) is 22.3 Å². The Hall–Kier alpha value is -5.12. The van der Waals surface area contributed by atoms with Crippen molar-refractivity contribution in [3.63, 3.8) is 0 Å². The van der Waals surface area contributed by atoms with Crippen molar-refractivity contribution in [1.29, 1.82) is 0 Å². The van der Waals surface area contributed by atoms with Crippen LogP contribution in [-0.2, 0) is 25.7 Å². The second kappa shape index (κ2) is 12.6. The van der Waals surface area contributed by atoms with Gasteiger partial charge in [-0.15, -0.1) is 0 Å². The summed E-state index contributed by atoms with van der Waals surface area (Å²) in [6, 6.07) is 13.6. The molecule has 0 aliphatic heterocycles. The van der Waals surface area contributed by atoms with Gasteiger partial charge in [0.05, 0.1) is 28.4 Å². The van der Waals surface area contributed by atoms with Crippen molar-refractivity contribution < 1.29 is 49.6 Å². The van der Waals surface area contributed by atoms with Gasteiger partial charge in [0.1, 0.15) is 23.0 Å².